The van der Waals surface area contributed by atoms with Gasteiger partial charge in [0, 0.05) is 22.3 Å². The van der Waals surface area contributed by atoms with Crippen LogP contribution >= 0.6 is 0 Å². The molecule has 0 bridgehead atoms. The average molecular weight is 740 g/mol. The Balaban J connectivity index is 1.01. The summed E-state index contributed by atoms with van der Waals surface area (Å²) >= 11 is 0. The lowest BCUT2D eigenvalue weighted by Crippen LogP contribution is -2.27. The van der Waals surface area contributed by atoms with Crippen molar-refractivity contribution in [2.45, 2.75) is 5.41 Å². The number of hydrogen-bond donors (Lipinski definition) is 0. The highest BCUT2D eigenvalue weighted by Gasteiger charge is 2.54. The van der Waals surface area contributed by atoms with Crippen LogP contribution in [0, 0.1) is 0 Å². The molecule has 0 radical (unpaired) electrons. The first-order valence-corrected chi connectivity index (χ1v) is 19.6. The first-order valence-electron chi connectivity index (χ1n) is 19.6. The number of nitrogens with zero attached hydrogens (tertiary/aromatic N) is 5. The minimum atomic E-state index is -0.516. The van der Waals surface area contributed by atoms with E-state index >= 15 is 0 Å². The quantitative estimate of drug-likeness (QED) is 0.176. The van der Waals surface area contributed by atoms with Gasteiger partial charge in [0.25, 0.3) is 0 Å². The predicted molar refractivity (Wildman–Crippen MR) is 232 cm³/mol. The largest absolute Gasteiger partial charge is 0.294 e. The van der Waals surface area contributed by atoms with Crippen molar-refractivity contribution in [3.8, 4) is 73.2 Å². The molecule has 2 aliphatic rings. The molecular formula is C53H33N5. The topological polar surface area (TPSA) is 56.5 Å². The van der Waals surface area contributed by atoms with E-state index in [1.807, 2.05) is 60.7 Å². The third-order valence-corrected chi connectivity index (χ3v) is 11.8. The molecule has 0 N–H and O–H groups in total. The number of rotatable bonds is 5. The van der Waals surface area contributed by atoms with Crippen molar-refractivity contribution >= 4 is 11.0 Å². The molecule has 1 aliphatic heterocycles. The lowest BCUT2D eigenvalue weighted by atomic mass is 9.73. The van der Waals surface area contributed by atoms with E-state index in [0.717, 1.165) is 55.8 Å². The summed E-state index contributed by atoms with van der Waals surface area (Å²) in [7, 11) is 0. The van der Waals surface area contributed by atoms with Crippen LogP contribution in [0.5, 0.6) is 0 Å². The van der Waals surface area contributed by atoms with Gasteiger partial charge >= 0.3 is 0 Å². The highest BCUT2D eigenvalue weighted by Crippen LogP contribution is 2.60. The maximum Gasteiger partial charge on any atom is 0.164 e. The fraction of sp³-hybridized carbons (Fsp3) is 0.0189. The van der Waals surface area contributed by atoms with E-state index in [1.54, 1.807) is 0 Å². The smallest absolute Gasteiger partial charge is 0.164 e. The maximum atomic E-state index is 5.55. The minimum absolute atomic E-state index is 0.516. The van der Waals surface area contributed by atoms with Gasteiger partial charge in [-0.2, -0.15) is 0 Å². The zero-order valence-corrected chi connectivity index (χ0v) is 31.3. The van der Waals surface area contributed by atoms with Gasteiger partial charge in [-0.3, -0.25) is 4.57 Å². The predicted octanol–water partition coefficient (Wildman–Crippen LogP) is 12.2. The summed E-state index contributed by atoms with van der Waals surface area (Å²) in [5, 5.41) is 0. The number of aromatic nitrogens is 5. The Kier molecular flexibility index (Phi) is 7.07. The molecule has 5 heteroatoms. The van der Waals surface area contributed by atoms with Gasteiger partial charge in [-0.05, 0) is 68.8 Å². The fourth-order valence-electron chi connectivity index (χ4n) is 9.36. The van der Waals surface area contributed by atoms with Crippen LogP contribution in [0.2, 0.25) is 0 Å². The molecule has 0 amide bonds. The number of imidazole rings is 1. The van der Waals surface area contributed by atoms with Crippen molar-refractivity contribution in [3.05, 3.63) is 223 Å². The molecule has 58 heavy (non-hydrogen) atoms. The molecule has 5 nitrogen and oxygen atoms in total. The molecule has 0 atom stereocenters. The molecule has 1 aliphatic carbocycles. The fourth-order valence-corrected chi connectivity index (χ4v) is 9.36. The van der Waals surface area contributed by atoms with Crippen molar-refractivity contribution in [1.29, 1.82) is 0 Å². The summed E-state index contributed by atoms with van der Waals surface area (Å²) in [5.74, 6) is 2.96. The third kappa shape index (κ3) is 4.71. The van der Waals surface area contributed by atoms with Gasteiger partial charge < -0.3 is 0 Å². The number of fused-ring (bicyclic) bond motifs is 12. The summed E-state index contributed by atoms with van der Waals surface area (Å²) in [5.41, 5.74) is 16.4. The lowest BCUT2D eigenvalue weighted by Gasteiger charge is -2.27. The van der Waals surface area contributed by atoms with Gasteiger partial charge in [0.05, 0.1) is 16.7 Å². The summed E-state index contributed by atoms with van der Waals surface area (Å²) in [4.78, 5) is 20.5. The van der Waals surface area contributed by atoms with Crippen LogP contribution in [0.15, 0.2) is 200 Å². The zero-order chi connectivity index (χ0) is 38.2. The van der Waals surface area contributed by atoms with Gasteiger partial charge in [0.2, 0.25) is 0 Å². The number of hydrogen-bond acceptors (Lipinski definition) is 4. The van der Waals surface area contributed by atoms with Crippen LogP contribution in [-0.2, 0) is 5.41 Å². The molecule has 12 rings (SSSR count). The van der Waals surface area contributed by atoms with E-state index < -0.39 is 5.41 Å². The molecule has 0 saturated carbocycles. The first-order chi connectivity index (χ1) is 28.8. The normalized spacial score (nSPS) is 13.0. The van der Waals surface area contributed by atoms with Crippen LogP contribution in [0.1, 0.15) is 22.5 Å². The Morgan fingerprint density at radius 1 is 0.328 bits per heavy atom. The van der Waals surface area contributed by atoms with Gasteiger partial charge in [0.15, 0.2) is 17.5 Å². The van der Waals surface area contributed by atoms with E-state index in [4.69, 9.17) is 19.9 Å². The van der Waals surface area contributed by atoms with Crippen molar-refractivity contribution < 1.29 is 0 Å². The van der Waals surface area contributed by atoms with Crippen molar-refractivity contribution in [1.82, 2.24) is 24.5 Å². The molecule has 1 spiro atoms. The van der Waals surface area contributed by atoms with Crippen molar-refractivity contribution in [3.63, 3.8) is 0 Å². The Morgan fingerprint density at radius 2 is 0.776 bits per heavy atom. The molecule has 0 unspecified atom stereocenters. The van der Waals surface area contributed by atoms with Crippen molar-refractivity contribution in [2.75, 3.05) is 0 Å². The van der Waals surface area contributed by atoms with Gasteiger partial charge in [-0.25, -0.2) is 19.9 Å². The summed E-state index contributed by atoms with van der Waals surface area (Å²) in [6.07, 6.45) is 0. The summed E-state index contributed by atoms with van der Waals surface area (Å²) in [6.45, 7) is 0. The van der Waals surface area contributed by atoms with Gasteiger partial charge in [0.1, 0.15) is 11.2 Å². The van der Waals surface area contributed by atoms with Gasteiger partial charge in [-0.1, -0.05) is 176 Å². The molecule has 0 fully saturated rings. The molecule has 2 aromatic heterocycles. The molecular weight excluding hydrogens is 707 g/mol. The highest BCUT2D eigenvalue weighted by molar-refractivity contribution is 5.98. The molecule has 10 aromatic rings. The van der Waals surface area contributed by atoms with Gasteiger partial charge in [-0.15, -0.1) is 0 Å². The second-order valence-corrected chi connectivity index (χ2v) is 15.0. The second kappa shape index (κ2) is 12.6. The van der Waals surface area contributed by atoms with Crippen LogP contribution in [0.3, 0.4) is 0 Å². The Morgan fingerprint density at radius 3 is 1.41 bits per heavy atom. The number of para-hydroxylation sites is 2. The second-order valence-electron chi connectivity index (χ2n) is 15.0. The molecule has 270 valence electrons. The molecule has 3 heterocycles. The van der Waals surface area contributed by atoms with E-state index in [1.165, 1.54) is 33.5 Å². The zero-order valence-electron chi connectivity index (χ0n) is 31.3. The Hall–Kier alpha value is -7.76. The molecule has 8 aromatic carbocycles. The van der Waals surface area contributed by atoms with E-state index in [0.29, 0.717) is 17.5 Å². The summed E-state index contributed by atoms with van der Waals surface area (Å²) < 4.78 is 2.43. The van der Waals surface area contributed by atoms with E-state index in [9.17, 15) is 0 Å². The van der Waals surface area contributed by atoms with E-state index in [2.05, 4.69) is 144 Å². The Bertz CT molecular complexity index is 3130. The minimum Gasteiger partial charge on any atom is -0.294 e. The molecule has 0 saturated heterocycles. The standard InChI is InChI=1S/C53H33N5/c1-3-16-34(17-4-1)49-55-50(35-18-5-2-6-19-35)57-51(56-49)39-23-14-21-37(33-39)36-20-13-22-38(32-36)40-26-15-30-46-48(40)58-47-31-12-11-29-45(47)53(52(58)54-46)43-27-9-7-24-41(43)42-25-8-10-28-44(42)53/h1-33H. The lowest BCUT2D eigenvalue weighted by molar-refractivity contribution is 0.738. The maximum absolute atomic E-state index is 5.55. The van der Waals surface area contributed by atoms with Crippen LogP contribution in [0.25, 0.3) is 84.3 Å². The average Bonchev–Trinajstić information content (AvgIpc) is 3.93. The number of benzene rings is 8. The Labute approximate surface area is 335 Å². The SMILES string of the molecule is c1ccc(-c2nc(-c3ccccc3)nc(-c3cccc(-c4cccc(-c5cccc6nc7n(c56)-c5ccccc5C75c6ccccc6-c6ccccc65)c4)c3)n2)cc1. The van der Waals surface area contributed by atoms with Crippen molar-refractivity contribution in [2.24, 2.45) is 0 Å². The highest BCUT2D eigenvalue weighted by atomic mass is 15.1. The third-order valence-electron chi connectivity index (χ3n) is 11.8. The van der Waals surface area contributed by atoms with Crippen LogP contribution in [0.4, 0.5) is 0 Å². The first kappa shape index (κ1) is 32.5. The van der Waals surface area contributed by atoms with Crippen LogP contribution in [-0.4, -0.2) is 24.5 Å². The summed E-state index contributed by atoms with van der Waals surface area (Å²) in [6, 6.07) is 70.7. The van der Waals surface area contributed by atoms with E-state index in [-0.39, 0.29) is 0 Å². The monoisotopic (exact) mass is 739 g/mol. The van der Waals surface area contributed by atoms with Crippen LogP contribution < -0.4 is 0 Å².